The fraction of sp³-hybridized carbons (Fsp3) is 0.333. The Hall–Kier alpha value is -2.04. The molecule has 1 aliphatic rings. The molecule has 4 heteroatoms. The molecule has 0 amide bonds. The molecule has 0 fully saturated rings. The highest BCUT2D eigenvalue weighted by Gasteiger charge is 2.49. The smallest absolute Gasteiger partial charge is 0.221 e. The van der Waals surface area contributed by atoms with Crippen molar-refractivity contribution in [3.8, 4) is 11.5 Å². The molecule has 116 valence electrons. The van der Waals surface area contributed by atoms with Crippen LogP contribution in [0, 0.1) is 0 Å². The molecule has 2 aromatic carbocycles. The summed E-state index contributed by atoms with van der Waals surface area (Å²) in [6.45, 7) is 3.87. The number of benzene rings is 2. The van der Waals surface area contributed by atoms with Gasteiger partial charge in [-0.1, -0.05) is 0 Å². The first kappa shape index (κ1) is 14.9. The number of ether oxygens (including phenoxy) is 3. The molecule has 0 saturated carbocycles. The van der Waals surface area contributed by atoms with Crippen LogP contribution in [0.1, 0.15) is 30.5 Å². The second kappa shape index (κ2) is 5.00. The van der Waals surface area contributed by atoms with Crippen LogP contribution >= 0.6 is 0 Å². The lowest BCUT2D eigenvalue weighted by atomic mass is 9.91. The molecule has 4 nitrogen and oxygen atoms in total. The molecule has 1 heterocycles. The maximum absolute atomic E-state index is 11.2. The Balaban J connectivity index is 2.13. The van der Waals surface area contributed by atoms with Crippen molar-refractivity contribution in [2.24, 2.45) is 0 Å². The van der Waals surface area contributed by atoms with E-state index >= 15 is 0 Å². The lowest BCUT2D eigenvalue weighted by Crippen LogP contribution is -2.30. The third kappa shape index (κ3) is 2.16. The molecule has 0 bridgehead atoms. The third-order valence-electron chi connectivity index (χ3n) is 4.12. The fourth-order valence-corrected chi connectivity index (χ4v) is 2.95. The van der Waals surface area contributed by atoms with Crippen LogP contribution in [-0.4, -0.2) is 19.3 Å². The molecular weight excluding hydrogens is 280 g/mol. The summed E-state index contributed by atoms with van der Waals surface area (Å²) in [6.07, 6.45) is 0. The Morgan fingerprint density at radius 2 is 1.45 bits per heavy atom. The van der Waals surface area contributed by atoms with Crippen molar-refractivity contribution in [1.29, 1.82) is 0 Å². The van der Waals surface area contributed by atoms with Crippen molar-refractivity contribution in [2.45, 2.75) is 25.2 Å². The lowest BCUT2D eigenvalue weighted by molar-refractivity contribution is -0.222. The van der Waals surface area contributed by atoms with E-state index in [2.05, 4.69) is 0 Å². The number of rotatable bonds is 3. The molecule has 0 radical (unpaired) electrons. The molecule has 1 unspecified atom stereocenters. The summed E-state index contributed by atoms with van der Waals surface area (Å²) in [5.74, 6) is 0.00570. The molecule has 1 N–H and O–H groups in total. The van der Waals surface area contributed by atoms with Crippen LogP contribution in [0.25, 0.3) is 0 Å². The van der Waals surface area contributed by atoms with Crippen molar-refractivity contribution in [2.75, 3.05) is 14.2 Å². The van der Waals surface area contributed by atoms with Gasteiger partial charge < -0.3 is 19.3 Å². The normalized spacial score (nSPS) is 22.2. The quantitative estimate of drug-likeness (QED) is 0.946. The number of hydrogen-bond donors (Lipinski definition) is 1. The Morgan fingerprint density at radius 1 is 0.864 bits per heavy atom. The van der Waals surface area contributed by atoms with Crippen LogP contribution < -0.4 is 9.47 Å². The SMILES string of the molecule is COc1ccc(C2(O)OC(C)(C)c3cc(OC)ccc32)cc1. The molecule has 1 atom stereocenters. The van der Waals surface area contributed by atoms with Crippen LogP contribution in [0.5, 0.6) is 11.5 Å². The molecule has 2 aromatic rings. The zero-order chi connectivity index (χ0) is 16.0. The Labute approximate surface area is 130 Å². The minimum absolute atomic E-state index is 0.613. The van der Waals surface area contributed by atoms with Crippen LogP contribution in [0.15, 0.2) is 42.5 Å². The molecule has 0 aromatic heterocycles. The van der Waals surface area contributed by atoms with E-state index in [4.69, 9.17) is 14.2 Å². The monoisotopic (exact) mass is 300 g/mol. The van der Waals surface area contributed by atoms with Crippen LogP contribution in [0.4, 0.5) is 0 Å². The average molecular weight is 300 g/mol. The summed E-state index contributed by atoms with van der Waals surface area (Å²) in [7, 11) is 3.24. The Kier molecular flexibility index (Phi) is 3.38. The summed E-state index contributed by atoms with van der Waals surface area (Å²) < 4.78 is 16.5. The van der Waals surface area contributed by atoms with Gasteiger partial charge in [-0.15, -0.1) is 0 Å². The highest BCUT2D eigenvalue weighted by molar-refractivity contribution is 5.49. The summed E-state index contributed by atoms with van der Waals surface area (Å²) in [4.78, 5) is 0. The fourth-order valence-electron chi connectivity index (χ4n) is 2.95. The van der Waals surface area contributed by atoms with Gasteiger partial charge in [0, 0.05) is 11.1 Å². The van der Waals surface area contributed by atoms with Gasteiger partial charge >= 0.3 is 0 Å². The van der Waals surface area contributed by atoms with Gasteiger partial charge in [-0.05, 0) is 61.9 Å². The number of aliphatic hydroxyl groups is 1. The van der Waals surface area contributed by atoms with Crippen molar-refractivity contribution >= 4 is 0 Å². The number of fused-ring (bicyclic) bond motifs is 1. The summed E-state index contributed by atoms with van der Waals surface area (Å²) in [5.41, 5.74) is 1.72. The van der Waals surface area contributed by atoms with Crippen molar-refractivity contribution in [1.82, 2.24) is 0 Å². The second-order valence-corrected chi connectivity index (χ2v) is 5.90. The van der Waals surface area contributed by atoms with Crippen LogP contribution in [0.2, 0.25) is 0 Å². The second-order valence-electron chi connectivity index (χ2n) is 5.90. The van der Waals surface area contributed by atoms with E-state index in [1.807, 2.05) is 56.3 Å². The minimum atomic E-state index is -1.47. The molecular formula is C18H20O4. The third-order valence-corrected chi connectivity index (χ3v) is 4.12. The van der Waals surface area contributed by atoms with Gasteiger partial charge in [0.15, 0.2) is 0 Å². The minimum Gasteiger partial charge on any atom is -0.497 e. The topological polar surface area (TPSA) is 47.9 Å². The zero-order valence-electron chi connectivity index (χ0n) is 13.2. The van der Waals surface area contributed by atoms with E-state index in [9.17, 15) is 5.11 Å². The molecule has 0 aliphatic carbocycles. The summed E-state index contributed by atoms with van der Waals surface area (Å²) in [5, 5.41) is 11.2. The lowest BCUT2D eigenvalue weighted by Gasteiger charge is -2.27. The van der Waals surface area contributed by atoms with Crippen molar-refractivity contribution in [3.05, 3.63) is 59.2 Å². The maximum Gasteiger partial charge on any atom is 0.221 e. The summed E-state index contributed by atoms with van der Waals surface area (Å²) >= 11 is 0. The van der Waals surface area contributed by atoms with Crippen molar-refractivity contribution < 1.29 is 19.3 Å². The number of methoxy groups -OCH3 is 2. The largest absolute Gasteiger partial charge is 0.497 e. The molecule has 0 saturated heterocycles. The molecule has 3 rings (SSSR count). The first-order chi connectivity index (χ1) is 10.4. The predicted molar refractivity (Wildman–Crippen MR) is 83.1 cm³/mol. The van der Waals surface area contributed by atoms with Gasteiger partial charge in [-0.3, -0.25) is 0 Å². The van der Waals surface area contributed by atoms with E-state index in [1.165, 1.54) is 0 Å². The van der Waals surface area contributed by atoms with Crippen LogP contribution in [0.3, 0.4) is 0 Å². The van der Waals surface area contributed by atoms with Gasteiger partial charge in [-0.2, -0.15) is 0 Å². The highest BCUT2D eigenvalue weighted by Crippen LogP contribution is 2.49. The van der Waals surface area contributed by atoms with Gasteiger partial charge in [0.05, 0.1) is 19.8 Å². The molecule has 22 heavy (non-hydrogen) atoms. The van der Waals surface area contributed by atoms with E-state index in [0.717, 1.165) is 22.6 Å². The first-order valence-electron chi connectivity index (χ1n) is 7.17. The van der Waals surface area contributed by atoms with Gasteiger partial charge in [0.1, 0.15) is 11.5 Å². The standard InChI is InChI=1S/C18H20O4/c1-17(2)16-11-14(21-4)9-10-15(16)18(19,22-17)12-5-7-13(20-3)8-6-12/h5-11,19H,1-4H3. The predicted octanol–water partition coefficient (Wildman–Crippen LogP) is 3.16. The van der Waals surface area contributed by atoms with Gasteiger partial charge in [0.25, 0.3) is 0 Å². The van der Waals surface area contributed by atoms with E-state index in [0.29, 0.717) is 5.56 Å². The first-order valence-corrected chi connectivity index (χ1v) is 7.17. The zero-order valence-corrected chi connectivity index (χ0v) is 13.2. The Bertz CT molecular complexity index is 691. The van der Waals surface area contributed by atoms with Gasteiger partial charge in [-0.25, -0.2) is 0 Å². The summed E-state index contributed by atoms with van der Waals surface area (Å²) in [6, 6.07) is 12.8. The maximum atomic E-state index is 11.2. The number of hydrogen-bond acceptors (Lipinski definition) is 4. The van der Waals surface area contributed by atoms with E-state index in [-0.39, 0.29) is 0 Å². The Morgan fingerprint density at radius 3 is 2.05 bits per heavy atom. The molecule has 1 aliphatic heterocycles. The highest BCUT2D eigenvalue weighted by atomic mass is 16.6. The van der Waals surface area contributed by atoms with Gasteiger partial charge in [0.2, 0.25) is 5.79 Å². The molecule has 0 spiro atoms. The van der Waals surface area contributed by atoms with Crippen LogP contribution in [-0.2, 0) is 16.1 Å². The van der Waals surface area contributed by atoms with E-state index in [1.54, 1.807) is 14.2 Å². The van der Waals surface area contributed by atoms with Crippen molar-refractivity contribution in [3.63, 3.8) is 0 Å². The average Bonchev–Trinajstić information content (AvgIpc) is 2.74. The van der Waals surface area contributed by atoms with E-state index < -0.39 is 11.4 Å².